The second-order valence-corrected chi connectivity index (χ2v) is 12.3. The van der Waals surface area contributed by atoms with E-state index in [1.807, 2.05) is 36.4 Å². The molecule has 0 saturated carbocycles. The molecular formula is C27H29BrN3OP. The van der Waals surface area contributed by atoms with Gasteiger partial charge in [-0.05, 0) is 54.8 Å². The molecule has 1 unspecified atom stereocenters. The van der Waals surface area contributed by atoms with E-state index < -0.39 is 7.44 Å². The Morgan fingerprint density at radius 2 is 1.21 bits per heavy atom. The predicted molar refractivity (Wildman–Crippen MR) is 142 cm³/mol. The van der Waals surface area contributed by atoms with Gasteiger partial charge in [0.1, 0.15) is 5.78 Å². The Balaban J connectivity index is 1.68. The van der Waals surface area contributed by atoms with E-state index in [0.29, 0.717) is 0 Å². The van der Waals surface area contributed by atoms with Crippen LogP contribution in [0.1, 0.15) is 24.2 Å². The molecule has 2 aliphatic rings. The zero-order valence-corrected chi connectivity index (χ0v) is 21.2. The van der Waals surface area contributed by atoms with E-state index >= 15 is 4.57 Å². The van der Waals surface area contributed by atoms with E-state index in [0.717, 1.165) is 60.4 Å². The smallest absolute Gasteiger partial charge is 0.284 e. The van der Waals surface area contributed by atoms with Gasteiger partial charge < -0.3 is 9.34 Å². The normalized spacial score (nSPS) is 19.6. The Labute approximate surface area is 205 Å². The molecule has 33 heavy (non-hydrogen) atoms. The zero-order valence-electron chi connectivity index (χ0n) is 18.7. The van der Waals surface area contributed by atoms with Crippen molar-refractivity contribution < 1.29 is 4.57 Å². The highest BCUT2D eigenvalue weighted by Gasteiger charge is 2.52. The van der Waals surface area contributed by atoms with E-state index in [4.69, 9.17) is 0 Å². The van der Waals surface area contributed by atoms with Crippen molar-refractivity contribution >= 4 is 34.7 Å². The van der Waals surface area contributed by atoms with Gasteiger partial charge in [-0.1, -0.05) is 76.6 Å². The van der Waals surface area contributed by atoms with Crippen molar-refractivity contribution in [1.29, 1.82) is 0 Å². The van der Waals surface area contributed by atoms with Crippen molar-refractivity contribution in [2.24, 2.45) is 0 Å². The fourth-order valence-electron chi connectivity index (χ4n) is 5.00. The molecule has 0 amide bonds. The average molecular weight is 522 g/mol. The second-order valence-electron chi connectivity index (χ2n) is 8.72. The Morgan fingerprint density at radius 3 is 1.70 bits per heavy atom. The monoisotopic (exact) mass is 521 g/mol. The summed E-state index contributed by atoms with van der Waals surface area (Å²) in [5.74, 6) is -0.235. The first kappa shape index (κ1) is 22.5. The minimum absolute atomic E-state index is 0.235. The maximum Gasteiger partial charge on any atom is 0.284 e. The summed E-state index contributed by atoms with van der Waals surface area (Å²) in [5.41, 5.74) is 4.41. The van der Waals surface area contributed by atoms with Gasteiger partial charge in [0.2, 0.25) is 0 Å². The molecule has 0 aromatic heterocycles. The molecule has 6 heteroatoms. The number of anilines is 2. The molecule has 0 bridgehead atoms. The molecule has 4 nitrogen and oxygen atoms in total. The maximum atomic E-state index is 15.6. The number of piperidine rings is 1. The highest BCUT2D eigenvalue weighted by atomic mass is 79.9. The van der Waals surface area contributed by atoms with Crippen molar-refractivity contribution in [2.45, 2.75) is 18.6 Å². The molecule has 170 valence electrons. The SMILES string of the molecule is C=C1CCN(C(c2ccc(Br)cc2)P2(=O)N(c3ccccc3)CCN2c2ccccc2)CC1. The third-order valence-corrected chi connectivity index (χ3v) is 10.7. The highest BCUT2D eigenvalue weighted by molar-refractivity contribution is 9.10. The summed E-state index contributed by atoms with van der Waals surface area (Å²) in [6.45, 7) is 7.40. The van der Waals surface area contributed by atoms with Gasteiger partial charge >= 0.3 is 0 Å². The first-order valence-electron chi connectivity index (χ1n) is 11.5. The molecule has 3 aromatic carbocycles. The van der Waals surface area contributed by atoms with Gasteiger partial charge in [0, 0.05) is 42.0 Å². The number of likely N-dealkylation sites (tertiary alicyclic amines) is 1. The third-order valence-electron chi connectivity index (χ3n) is 6.66. The number of hydrogen-bond donors (Lipinski definition) is 0. The quantitative estimate of drug-likeness (QED) is 0.259. The van der Waals surface area contributed by atoms with Crippen molar-refractivity contribution in [1.82, 2.24) is 4.90 Å². The first-order chi connectivity index (χ1) is 16.1. The van der Waals surface area contributed by atoms with Gasteiger partial charge in [-0.15, -0.1) is 0 Å². The van der Waals surface area contributed by atoms with Crippen molar-refractivity contribution in [2.75, 3.05) is 35.5 Å². The van der Waals surface area contributed by atoms with E-state index in [1.165, 1.54) is 5.57 Å². The number of para-hydroxylation sites is 2. The van der Waals surface area contributed by atoms with Crippen molar-refractivity contribution in [3.05, 3.63) is 107 Å². The lowest BCUT2D eigenvalue weighted by Gasteiger charge is -2.44. The molecule has 2 aliphatic heterocycles. The standard InChI is InChI=1S/C27H29BrN3OP/c1-22-16-18-29(19-17-22)27(23-12-14-24(28)15-13-23)33(32)30(25-8-4-2-5-9-25)20-21-31(33)26-10-6-3-7-11-26/h2-15,27H,1,16-21H2. The highest BCUT2D eigenvalue weighted by Crippen LogP contribution is 2.70. The van der Waals surface area contributed by atoms with Gasteiger partial charge in [0.15, 0.2) is 0 Å². The summed E-state index contributed by atoms with van der Waals surface area (Å²) < 4.78 is 21.0. The minimum atomic E-state index is -3.12. The Bertz CT molecular complexity index is 1090. The summed E-state index contributed by atoms with van der Waals surface area (Å²) in [6.07, 6.45) is 1.90. The molecule has 1 atom stereocenters. The summed E-state index contributed by atoms with van der Waals surface area (Å²) in [6, 6.07) is 28.9. The summed E-state index contributed by atoms with van der Waals surface area (Å²) in [4.78, 5) is 2.43. The predicted octanol–water partition coefficient (Wildman–Crippen LogP) is 7.32. The van der Waals surface area contributed by atoms with Gasteiger partial charge in [-0.25, -0.2) is 0 Å². The van der Waals surface area contributed by atoms with Crippen molar-refractivity contribution in [3.8, 4) is 0 Å². The molecule has 0 spiro atoms. The number of rotatable bonds is 5. The first-order valence-corrected chi connectivity index (χ1v) is 14.0. The van der Waals surface area contributed by atoms with Gasteiger partial charge in [0.25, 0.3) is 7.44 Å². The maximum absolute atomic E-state index is 15.6. The minimum Gasteiger partial charge on any atom is -0.304 e. The molecule has 0 N–H and O–H groups in total. The van der Waals surface area contributed by atoms with Crippen LogP contribution in [-0.4, -0.2) is 31.1 Å². The van der Waals surface area contributed by atoms with Crippen LogP contribution < -0.4 is 9.34 Å². The van der Waals surface area contributed by atoms with Crippen LogP contribution in [0.2, 0.25) is 0 Å². The van der Waals surface area contributed by atoms with Crippen LogP contribution in [0.3, 0.4) is 0 Å². The average Bonchev–Trinajstić information content (AvgIpc) is 3.20. The lowest BCUT2D eigenvalue weighted by Crippen LogP contribution is -2.39. The molecule has 2 fully saturated rings. The lowest BCUT2D eigenvalue weighted by atomic mass is 10.1. The van der Waals surface area contributed by atoms with Gasteiger partial charge in [-0.3, -0.25) is 9.46 Å². The van der Waals surface area contributed by atoms with E-state index in [1.54, 1.807) is 0 Å². The van der Waals surface area contributed by atoms with Crippen LogP contribution >= 0.6 is 23.4 Å². The third kappa shape index (κ3) is 4.30. The Morgan fingerprint density at radius 1 is 0.727 bits per heavy atom. The van der Waals surface area contributed by atoms with Crippen LogP contribution in [0.5, 0.6) is 0 Å². The summed E-state index contributed by atoms with van der Waals surface area (Å²) in [7, 11) is -3.12. The number of halogens is 1. The molecule has 3 aromatic rings. The van der Waals surface area contributed by atoms with Crippen molar-refractivity contribution in [3.63, 3.8) is 0 Å². The Hall–Kier alpha value is -2.33. The molecule has 2 heterocycles. The van der Waals surface area contributed by atoms with Crippen LogP contribution in [0.15, 0.2) is 102 Å². The number of hydrogen-bond acceptors (Lipinski definition) is 2. The lowest BCUT2D eigenvalue weighted by molar-refractivity contribution is 0.231. The fourth-order valence-corrected chi connectivity index (χ4v) is 8.95. The van der Waals surface area contributed by atoms with E-state index in [-0.39, 0.29) is 5.78 Å². The summed E-state index contributed by atoms with van der Waals surface area (Å²) in [5, 5.41) is 0. The molecule has 2 saturated heterocycles. The van der Waals surface area contributed by atoms with Crippen LogP contribution in [0.25, 0.3) is 0 Å². The number of nitrogens with zero attached hydrogens (tertiary/aromatic N) is 3. The van der Waals surface area contributed by atoms with Gasteiger partial charge in [0.05, 0.1) is 0 Å². The largest absolute Gasteiger partial charge is 0.304 e. The van der Waals surface area contributed by atoms with Gasteiger partial charge in [-0.2, -0.15) is 0 Å². The van der Waals surface area contributed by atoms with Crippen LogP contribution in [0.4, 0.5) is 11.4 Å². The fraction of sp³-hybridized carbons (Fsp3) is 0.259. The molecule has 0 radical (unpaired) electrons. The topological polar surface area (TPSA) is 26.8 Å². The summed E-state index contributed by atoms with van der Waals surface area (Å²) >= 11 is 3.58. The van der Waals surface area contributed by atoms with E-state index in [2.05, 4.69) is 85.3 Å². The Kier molecular flexibility index (Phi) is 6.47. The second kappa shape index (κ2) is 9.50. The van der Waals surface area contributed by atoms with E-state index in [9.17, 15) is 0 Å². The van der Waals surface area contributed by atoms with Crippen LogP contribution in [0, 0.1) is 0 Å². The number of benzene rings is 3. The molecule has 0 aliphatic carbocycles. The molecule has 5 rings (SSSR count). The molecular weight excluding hydrogens is 493 g/mol. The zero-order chi connectivity index (χ0) is 22.8. The van der Waals surface area contributed by atoms with Crippen LogP contribution in [-0.2, 0) is 4.57 Å².